The van der Waals surface area contributed by atoms with Crippen molar-refractivity contribution in [1.29, 1.82) is 0 Å². The average Bonchev–Trinajstić information content (AvgIpc) is 2.64. The second-order valence-electron chi connectivity index (χ2n) is 6.70. The van der Waals surface area contributed by atoms with Crippen molar-refractivity contribution in [3.63, 3.8) is 0 Å². The van der Waals surface area contributed by atoms with Crippen LogP contribution in [0.3, 0.4) is 0 Å². The highest BCUT2D eigenvalue weighted by molar-refractivity contribution is 5.97. The number of ether oxygens (including phenoxy) is 2. The fourth-order valence-electron chi connectivity index (χ4n) is 2.88. The number of alkyl halides is 3. The first-order valence-electron chi connectivity index (χ1n) is 8.89. The summed E-state index contributed by atoms with van der Waals surface area (Å²) in [6.45, 7) is 0.984. The number of carbonyl (C=O) groups is 2. The Morgan fingerprint density at radius 2 is 1.83 bits per heavy atom. The van der Waals surface area contributed by atoms with Crippen LogP contribution in [0.15, 0.2) is 30.4 Å². The third-order valence-electron chi connectivity index (χ3n) is 4.54. The summed E-state index contributed by atoms with van der Waals surface area (Å²) in [6.07, 6.45) is -6.86. The van der Waals surface area contributed by atoms with Crippen LogP contribution < -0.4 is 4.74 Å². The Morgan fingerprint density at radius 1 is 1.17 bits per heavy atom. The summed E-state index contributed by atoms with van der Waals surface area (Å²) in [5, 5.41) is 30.0. The molecule has 30 heavy (non-hydrogen) atoms. The van der Waals surface area contributed by atoms with E-state index in [1.165, 1.54) is 25.3 Å². The quantitative estimate of drug-likeness (QED) is 0.587. The number of phenols is 1. The molecule has 0 fully saturated rings. The van der Waals surface area contributed by atoms with E-state index in [9.17, 15) is 38.1 Å². The lowest BCUT2D eigenvalue weighted by molar-refractivity contribution is -0.182. The maximum atomic E-state index is 13.4. The molecule has 1 aliphatic rings. The van der Waals surface area contributed by atoms with E-state index < -0.39 is 53.5 Å². The summed E-state index contributed by atoms with van der Waals surface area (Å²) < 4.78 is 50.2. The molecule has 0 aliphatic carbocycles. The number of halogens is 3. The molecule has 3 N–H and O–H groups in total. The number of methoxy groups -OCH3 is 1. The van der Waals surface area contributed by atoms with Crippen LogP contribution in [0.5, 0.6) is 11.5 Å². The monoisotopic (exact) mass is 430 g/mol. The molecular formula is C20H21F3O7. The number of aromatic hydroxyl groups is 1. The number of cyclic esters (lactones) is 1. The minimum atomic E-state index is -4.87. The lowest BCUT2D eigenvalue weighted by Gasteiger charge is -2.24. The van der Waals surface area contributed by atoms with Crippen molar-refractivity contribution in [2.45, 2.75) is 37.8 Å². The number of rotatable bonds is 1. The third kappa shape index (κ3) is 5.39. The smallest absolute Gasteiger partial charge is 0.398 e. The molecule has 1 aromatic rings. The van der Waals surface area contributed by atoms with Gasteiger partial charge >= 0.3 is 12.1 Å². The molecule has 0 amide bonds. The highest BCUT2D eigenvalue weighted by Crippen LogP contribution is 2.34. The number of ketones is 1. The number of aliphatic hydroxyl groups is 2. The Balaban J connectivity index is 2.58. The van der Waals surface area contributed by atoms with Crippen LogP contribution in [0.25, 0.3) is 6.08 Å². The van der Waals surface area contributed by atoms with Gasteiger partial charge in [0.15, 0.2) is 5.78 Å². The van der Waals surface area contributed by atoms with Crippen LogP contribution >= 0.6 is 0 Å². The van der Waals surface area contributed by atoms with Gasteiger partial charge in [-0.15, -0.1) is 0 Å². The number of carbonyl (C=O) groups excluding carboxylic acids is 2. The number of aliphatic hydroxyl groups excluding tert-OH is 2. The largest absolute Gasteiger partial charge is 0.507 e. The summed E-state index contributed by atoms with van der Waals surface area (Å²) in [5.74, 6) is -5.12. The van der Waals surface area contributed by atoms with Crippen LogP contribution in [0.1, 0.15) is 29.3 Å². The highest BCUT2D eigenvalue weighted by atomic mass is 19.4. The molecule has 0 saturated heterocycles. The zero-order chi connectivity index (χ0) is 22.6. The van der Waals surface area contributed by atoms with Crippen molar-refractivity contribution in [1.82, 2.24) is 0 Å². The third-order valence-corrected chi connectivity index (χ3v) is 4.54. The molecule has 0 spiro atoms. The van der Waals surface area contributed by atoms with E-state index in [0.29, 0.717) is 12.2 Å². The maximum absolute atomic E-state index is 13.4. The first-order chi connectivity index (χ1) is 14.0. The summed E-state index contributed by atoms with van der Waals surface area (Å²) in [5.41, 5.74) is -0.347. The molecule has 10 heteroatoms. The molecule has 0 bridgehead atoms. The summed E-state index contributed by atoms with van der Waals surface area (Å²) in [4.78, 5) is 24.5. The second-order valence-corrected chi connectivity index (χ2v) is 6.70. The van der Waals surface area contributed by atoms with Crippen LogP contribution in [0.4, 0.5) is 13.2 Å². The maximum Gasteiger partial charge on any atom is 0.398 e. The molecule has 1 aliphatic heterocycles. The zero-order valence-corrected chi connectivity index (χ0v) is 16.1. The molecule has 0 saturated carbocycles. The Kier molecular flexibility index (Phi) is 7.27. The zero-order valence-electron chi connectivity index (χ0n) is 16.1. The molecule has 2 rings (SSSR count). The van der Waals surface area contributed by atoms with Gasteiger partial charge in [0, 0.05) is 6.07 Å². The lowest BCUT2D eigenvalue weighted by Crippen LogP contribution is -2.36. The molecule has 7 nitrogen and oxygen atoms in total. The number of fused-ring (bicyclic) bond motifs is 1. The number of hydrogen-bond donors (Lipinski definition) is 3. The molecule has 1 heterocycles. The van der Waals surface area contributed by atoms with Gasteiger partial charge in [-0.25, -0.2) is 4.79 Å². The topological polar surface area (TPSA) is 113 Å². The minimum absolute atomic E-state index is 0.0493. The van der Waals surface area contributed by atoms with Crippen molar-refractivity contribution >= 4 is 17.8 Å². The predicted molar refractivity (Wildman–Crippen MR) is 98.9 cm³/mol. The Bertz CT molecular complexity index is 861. The summed E-state index contributed by atoms with van der Waals surface area (Å²) >= 11 is 0. The van der Waals surface area contributed by atoms with Gasteiger partial charge in [0.05, 0.1) is 13.2 Å². The van der Waals surface area contributed by atoms with Gasteiger partial charge in [0.25, 0.3) is 0 Å². The lowest BCUT2D eigenvalue weighted by atomic mass is 9.98. The first-order valence-corrected chi connectivity index (χ1v) is 8.89. The van der Waals surface area contributed by atoms with Crippen molar-refractivity contribution in [3.8, 4) is 11.5 Å². The van der Waals surface area contributed by atoms with Crippen LogP contribution in [-0.4, -0.2) is 58.7 Å². The highest BCUT2D eigenvalue weighted by Gasteiger charge is 2.43. The van der Waals surface area contributed by atoms with E-state index >= 15 is 0 Å². The number of esters is 1. The van der Waals surface area contributed by atoms with Gasteiger partial charge < -0.3 is 24.8 Å². The number of hydrogen-bond acceptors (Lipinski definition) is 7. The van der Waals surface area contributed by atoms with Gasteiger partial charge in [-0.2, -0.15) is 13.2 Å². The van der Waals surface area contributed by atoms with Crippen molar-refractivity contribution in [2.75, 3.05) is 7.11 Å². The number of benzene rings is 1. The second kappa shape index (κ2) is 9.31. The predicted octanol–water partition coefficient (Wildman–Crippen LogP) is 2.39. The SMILES string of the molecule is COc1cc(O)c2c(c1)/C=C/CC(O)C(O)C(=O)/C=C\C(C(F)(F)F)C(C)OC2=O. The Labute approximate surface area is 170 Å². The molecule has 4 atom stereocenters. The molecular weight excluding hydrogens is 409 g/mol. The van der Waals surface area contributed by atoms with E-state index in [1.807, 2.05) is 0 Å². The Morgan fingerprint density at radius 3 is 2.43 bits per heavy atom. The van der Waals surface area contributed by atoms with Crippen LogP contribution in [-0.2, 0) is 9.53 Å². The first kappa shape index (κ1) is 23.4. The van der Waals surface area contributed by atoms with E-state index in [0.717, 1.165) is 13.0 Å². The van der Waals surface area contributed by atoms with Gasteiger partial charge in [-0.3, -0.25) is 4.79 Å². The van der Waals surface area contributed by atoms with E-state index in [4.69, 9.17) is 9.47 Å². The van der Waals surface area contributed by atoms with Gasteiger partial charge in [0.1, 0.15) is 35.2 Å². The summed E-state index contributed by atoms with van der Waals surface area (Å²) in [7, 11) is 1.31. The average molecular weight is 430 g/mol. The molecule has 0 aromatic heterocycles. The summed E-state index contributed by atoms with van der Waals surface area (Å²) in [6, 6.07) is 2.43. The fraction of sp³-hybridized carbons (Fsp3) is 0.400. The van der Waals surface area contributed by atoms with Gasteiger partial charge in [-0.05, 0) is 31.1 Å². The molecule has 4 unspecified atom stereocenters. The van der Waals surface area contributed by atoms with Crippen molar-refractivity contribution in [3.05, 3.63) is 41.5 Å². The van der Waals surface area contributed by atoms with E-state index in [-0.39, 0.29) is 17.7 Å². The van der Waals surface area contributed by atoms with Crippen molar-refractivity contribution < 1.29 is 47.6 Å². The van der Waals surface area contributed by atoms with E-state index in [1.54, 1.807) is 0 Å². The standard InChI is InChI=1S/C20H21F3O7/c1-10-13(20(21,22)23)6-7-15(25)18(27)14(24)5-3-4-11-8-12(29-2)9-16(26)17(11)19(28)30-10/h3-4,6-10,13-14,18,24,26-27H,5H2,1-2H3/b4-3+,7-6-. The van der Waals surface area contributed by atoms with Crippen molar-refractivity contribution in [2.24, 2.45) is 5.92 Å². The van der Waals surface area contributed by atoms with Crippen LogP contribution in [0.2, 0.25) is 0 Å². The minimum Gasteiger partial charge on any atom is -0.507 e. The normalized spacial score (nSPS) is 28.1. The van der Waals surface area contributed by atoms with Gasteiger partial charge in [-0.1, -0.05) is 18.2 Å². The molecule has 0 radical (unpaired) electrons. The number of phenolic OH excluding ortho intramolecular Hbond substituents is 1. The fourth-order valence-corrected chi connectivity index (χ4v) is 2.88. The van der Waals surface area contributed by atoms with Crippen LogP contribution in [0, 0.1) is 5.92 Å². The molecule has 1 aromatic carbocycles. The van der Waals surface area contributed by atoms with E-state index in [2.05, 4.69) is 0 Å². The Hall–Kier alpha value is -2.85. The van der Waals surface area contributed by atoms with Gasteiger partial charge in [0.2, 0.25) is 0 Å². The molecule has 164 valence electrons.